The maximum absolute atomic E-state index is 4.41. The van der Waals surface area contributed by atoms with Gasteiger partial charge in [-0.25, -0.2) is 0 Å². The van der Waals surface area contributed by atoms with Crippen molar-refractivity contribution in [2.24, 2.45) is 0 Å². The monoisotopic (exact) mass is 251 g/mol. The molecule has 19 heavy (non-hydrogen) atoms. The van der Waals surface area contributed by atoms with E-state index < -0.39 is 0 Å². The predicted molar refractivity (Wildman–Crippen MR) is 78.0 cm³/mol. The van der Waals surface area contributed by atoms with Crippen LogP contribution < -0.4 is 5.32 Å². The average Bonchev–Trinajstić information content (AvgIpc) is 2.87. The highest BCUT2D eigenvalue weighted by molar-refractivity contribution is 5.85. The number of nitrogens with zero attached hydrogens (tertiary/aromatic N) is 2. The molecule has 3 aromatic rings. The standard InChI is InChI=1S/C16H17N3/c1-17-9-13-10-18-19(11-13)12-15-7-4-6-14-5-2-3-8-16(14)15/h2-8,10-11,17H,9,12H2,1H3. The van der Waals surface area contributed by atoms with Gasteiger partial charge in [-0.1, -0.05) is 42.5 Å². The van der Waals surface area contributed by atoms with Gasteiger partial charge < -0.3 is 5.32 Å². The lowest BCUT2D eigenvalue weighted by atomic mass is 10.0. The van der Waals surface area contributed by atoms with Crippen LogP contribution in [0.2, 0.25) is 0 Å². The minimum absolute atomic E-state index is 0.811. The molecule has 0 saturated carbocycles. The van der Waals surface area contributed by atoms with Crippen LogP contribution in [-0.4, -0.2) is 16.8 Å². The first-order valence-electron chi connectivity index (χ1n) is 6.49. The Balaban J connectivity index is 1.92. The fraction of sp³-hybridized carbons (Fsp3) is 0.188. The van der Waals surface area contributed by atoms with Gasteiger partial charge in [-0.2, -0.15) is 5.10 Å². The Labute approximate surface area is 112 Å². The molecule has 0 aliphatic rings. The van der Waals surface area contributed by atoms with Crippen molar-refractivity contribution in [1.82, 2.24) is 15.1 Å². The zero-order chi connectivity index (χ0) is 13.1. The van der Waals surface area contributed by atoms with Crippen molar-refractivity contribution >= 4 is 10.8 Å². The van der Waals surface area contributed by atoms with Gasteiger partial charge in [0, 0.05) is 18.3 Å². The second kappa shape index (κ2) is 5.24. The number of rotatable bonds is 4. The summed E-state index contributed by atoms with van der Waals surface area (Å²) < 4.78 is 1.99. The number of aromatic nitrogens is 2. The molecule has 0 atom stereocenters. The Kier molecular flexibility index (Phi) is 3.29. The molecule has 0 aliphatic carbocycles. The van der Waals surface area contributed by atoms with Crippen LogP contribution in [0, 0.1) is 0 Å². The van der Waals surface area contributed by atoms with Gasteiger partial charge in [-0.3, -0.25) is 4.68 Å². The van der Waals surface area contributed by atoms with Crippen LogP contribution in [0.25, 0.3) is 10.8 Å². The molecule has 0 unspecified atom stereocenters. The van der Waals surface area contributed by atoms with Gasteiger partial charge in [0.1, 0.15) is 0 Å². The lowest BCUT2D eigenvalue weighted by Gasteiger charge is -2.06. The van der Waals surface area contributed by atoms with Crippen LogP contribution >= 0.6 is 0 Å². The summed E-state index contributed by atoms with van der Waals surface area (Å²) in [5.74, 6) is 0. The summed E-state index contributed by atoms with van der Waals surface area (Å²) in [5, 5.41) is 10.1. The normalized spacial score (nSPS) is 11.0. The molecule has 0 spiro atoms. The van der Waals surface area contributed by atoms with E-state index in [0.717, 1.165) is 13.1 Å². The minimum Gasteiger partial charge on any atom is -0.316 e. The van der Waals surface area contributed by atoms with E-state index in [2.05, 4.69) is 59.1 Å². The Morgan fingerprint density at radius 3 is 2.84 bits per heavy atom. The maximum atomic E-state index is 4.41. The molecule has 3 heteroatoms. The lowest BCUT2D eigenvalue weighted by Crippen LogP contribution is -2.04. The molecule has 0 fully saturated rings. The summed E-state index contributed by atoms with van der Waals surface area (Å²) in [6.07, 6.45) is 4.01. The highest BCUT2D eigenvalue weighted by atomic mass is 15.3. The van der Waals surface area contributed by atoms with E-state index in [0.29, 0.717) is 0 Å². The lowest BCUT2D eigenvalue weighted by molar-refractivity contribution is 0.688. The van der Waals surface area contributed by atoms with E-state index in [1.807, 2.05) is 17.9 Å². The molecule has 3 rings (SSSR count). The van der Waals surface area contributed by atoms with E-state index in [1.54, 1.807) is 0 Å². The number of hydrogen-bond donors (Lipinski definition) is 1. The largest absolute Gasteiger partial charge is 0.316 e. The van der Waals surface area contributed by atoms with Gasteiger partial charge >= 0.3 is 0 Å². The van der Waals surface area contributed by atoms with Crippen molar-refractivity contribution in [2.75, 3.05) is 7.05 Å². The van der Waals surface area contributed by atoms with Crippen LogP contribution in [-0.2, 0) is 13.1 Å². The summed E-state index contributed by atoms with van der Waals surface area (Å²) in [6, 6.07) is 14.9. The molecule has 0 saturated heterocycles. The van der Waals surface area contributed by atoms with E-state index in [9.17, 15) is 0 Å². The number of nitrogens with one attached hydrogen (secondary N) is 1. The fourth-order valence-electron chi connectivity index (χ4n) is 2.39. The van der Waals surface area contributed by atoms with E-state index >= 15 is 0 Å². The number of fused-ring (bicyclic) bond motifs is 1. The average molecular weight is 251 g/mol. The van der Waals surface area contributed by atoms with Gasteiger partial charge in [-0.15, -0.1) is 0 Å². The molecule has 3 nitrogen and oxygen atoms in total. The second-order valence-corrected chi connectivity index (χ2v) is 4.71. The molecule has 0 aliphatic heterocycles. The van der Waals surface area contributed by atoms with Crippen molar-refractivity contribution < 1.29 is 0 Å². The Morgan fingerprint density at radius 2 is 1.95 bits per heavy atom. The molecule has 0 radical (unpaired) electrons. The molecule has 2 aromatic carbocycles. The fourth-order valence-corrected chi connectivity index (χ4v) is 2.39. The highest BCUT2D eigenvalue weighted by Gasteiger charge is 2.03. The molecule has 0 amide bonds. The smallest absolute Gasteiger partial charge is 0.0665 e. The predicted octanol–water partition coefficient (Wildman–Crippen LogP) is 2.80. The first-order valence-corrected chi connectivity index (χ1v) is 6.49. The molecular weight excluding hydrogens is 234 g/mol. The SMILES string of the molecule is CNCc1cnn(Cc2cccc3ccccc23)c1. The second-order valence-electron chi connectivity index (χ2n) is 4.71. The Bertz CT molecular complexity index is 680. The highest BCUT2D eigenvalue weighted by Crippen LogP contribution is 2.19. The molecule has 1 heterocycles. The molecule has 0 bridgehead atoms. The molecule has 96 valence electrons. The number of hydrogen-bond acceptors (Lipinski definition) is 2. The van der Waals surface area contributed by atoms with Gasteiger partial charge in [0.05, 0.1) is 12.7 Å². The minimum atomic E-state index is 0.811. The van der Waals surface area contributed by atoms with E-state index in [1.165, 1.54) is 21.9 Å². The summed E-state index contributed by atoms with van der Waals surface area (Å²) in [4.78, 5) is 0. The number of benzene rings is 2. The van der Waals surface area contributed by atoms with Gasteiger partial charge in [0.2, 0.25) is 0 Å². The zero-order valence-electron chi connectivity index (χ0n) is 11.0. The van der Waals surface area contributed by atoms with E-state index in [-0.39, 0.29) is 0 Å². The zero-order valence-corrected chi connectivity index (χ0v) is 11.0. The van der Waals surface area contributed by atoms with Crippen LogP contribution in [0.1, 0.15) is 11.1 Å². The molecule has 1 aromatic heterocycles. The molecular formula is C16H17N3. The maximum Gasteiger partial charge on any atom is 0.0665 e. The third kappa shape index (κ3) is 2.51. The van der Waals surface area contributed by atoms with Crippen molar-refractivity contribution in [3.63, 3.8) is 0 Å². The molecule has 1 N–H and O–H groups in total. The third-order valence-electron chi connectivity index (χ3n) is 3.28. The van der Waals surface area contributed by atoms with Crippen LogP contribution in [0.5, 0.6) is 0 Å². The summed E-state index contributed by atoms with van der Waals surface area (Å²) >= 11 is 0. The van der Waals surface area contributed by atoms with Crippen LogP contribution in [0.3, 0.4) is 0 Å². The van der Waals surface area contributed by atoms with Gasteiger partial charge in [-0.05, 0) is 23.4 Å². The van der Waals surface area contributed by atoms with Crippen molar-refractivity contribution in [3.05, 3.63) is 66.0 Å². The quantitative estimate of drug-likeness (QED) is 0.772. The topological polar surface area (TPSA) is 29.9 Å². The van der Waals surface area contributed by atoms with Gasteiger partial charge in [0.25, 0.3) is 0 Å². The summed E-state index contributed by atoms with van der Waals surface area (Å²) in [7, 11) is 1.95. The summed E-state index contributed by atoms with van der Waals surface area (Å²) in [6.45, 7) is 1.67. The van der Waals surface area contributed by atoms with E-state index in [4.69, 9.17) is 0 Å². The Morgan fingerprint density at radius 1 is 1.11 bits per heavy atom. The third-order valence-corrected chi connectivity index (χ3v) is 3.28. The van der Waals surface area contributed by atoms with Crippen molar-refractivity contribution in [1.29, 1.82) is 0 Å². The van der Waals surface area contributed by atoms with Gasteiger partial charge in [0.15, 0.2) is 0 Å². The van der Waals surface area contributed by atoms with Crippen molar-refractivity contribution in [3.8, 4) is 0 Å². The Hall–Kier alpha value is -2.13. The van der Waals surface area contributed by atoms with Crippen LogP contribution in [0.15, 0.2) is 54.9 Å². The van der Waals surface area contributed by atoms with Crippen molar-refractivity contribution in [2.45, 2.75) is 13.1 Å². The first kappa shape index (κ1) is 11.9. The van der Waals surface area contributed by atoms with Crippen LogP contribution in [0.4, 0.5) is 0 Å². The first-order chi connectivity index (χ1) is 9.36. The summed E-state index contributed by atoms with van der Waals surface area (Å²) in [5.41, 5.74) is 2.51.